The Hall–Kier alpha value is -1.48. The number of benzene rings is 1. The molecule has 3 heteroatoms. The third kappa shape index (κ3) is 0.962. The third-order valence-electron chi connectivity index (χ3n) is 4.84. The Morgan fingerprint density at radius 3 is 2.67 bits per heavy atom. The Bertz CT molecular complexity index is 577. The maximum Gasteiger partial charge on any atom is 0.173 e. The molecule has 92 valence electrons. The minimum absolute atomic E-state index is 0.0395. The molecule has 0 radical (unpaired) electrons. The summed E-state index contributed by atoms with van der Waals surface area (Å²) in [6.07, 6.45) is 1.45. The standard InChI is InChI=1S/C15H14O3/c1-8-7-15-11(6-12(15)18-8)13(16)9-4-2-3-5-10(9)14(15)17/h2-5,8,11-12H,6-7H2,1H3/t8-,11-,12-,15-/m1/s1. The minimum Gasteiger partial charge on any atom is -0.374 e. The Kier molecular flexibility index (Phi) is 1.80. The number of fused-ring (bicyclic) bond motifs is 1. The van der Waals surface area contributed by atoms with Crippen molar-refractivity contribution < 1.29 is 14.3 Å². The van der Waals surface area contributed by atoms with Gasteiger partial charge in [-0.05, 0) is 19.8 Å². The molecule has 2 aliphatic carbocycles. The van der Waals surface area contributed by atoms with Crippen LogP contribution in [0.3, 0.4) is 0 Å². The van der Waals surface area contributed by atoms with Crippen molar-refractivity contribution in [2.75, 3.05) is 0 Å². The maximum absolute atomic E-state index is 12.7. The van der Waals surface area contributed by atoms with Crippen LogP contribution in [0.5, 0.6) is 0 Å². The lowest BCUT2D eigenvalue weighted by atomic mass is 9.49. The Balaban J connectivity index is 1.92. The molecule has 18 heavy (non-hydrogen) atoms. The normalized spacial score (nSPS) is 40.8. The first-order valence-electron chi connectivity index (χ1n) is 6.48. The molecule has 0 unspecified atom stereocenters. The lowest BCUT2D eigenvalue weighted by Crippen LogP contribution is -2.61. The Morgan fingerprint density at radius 2 is 1.94 bits per heavy atom. The van der Waals surface area contributed by atoms with Gasteiger partial charge in [-0.15, -0.1) is 0 Å². The predicted octanol–water partition coefficient (Wildman–Crippen LogP) is 2.25. The fourth-order valence-corrected chi connectivity index (χ4v) is 4.03. The van der Waals surface area contributed by atoms with E-state index >= 15 is 0 Å². The van der Waals surface area contributed by atoms with E-state index in [1.165, 1.54) is 0 Å². The molecule has 4 atom stereocenters. The zero-order chi connectivity index (χ0) is 12.5. The van der Waals surface area contributed by atoms with Crippen LogP contribution >= 0.6 is 0 Å². The van der Waals surface area contributed by atoms with Crippen LogP contribution in [0, 0.1) is 11.3 Å². The second-order valence-electron chi connectivity index (χ2n) is 5.71. The monoisotopic (exact) mass is 242 g/mol. The minimum atomic E-state index is -0.537. The van der Waals surface area contributed by atoms with Gasteiger partial charge in [0.25, 0.3) is 0 Å². The summed E-state index contributed by atoms with van der Waals surface area (Å²) in [7, 11) is 0. The van der Waals surface area contributed by atoms with Gasteiger partial charge in [0.1, 0.15) is 0 Å². The van der Waals surface area contributed by atoms with Crippen LogP contribution in [0.1, 0.15) is 40.5 Å². The van der Waals surface area contributed by atoms with Gasteiger partial charge in [0.15, 0.2) is 11.6 Å². The van der Waals surface area contributed by atoms with Gasteiger partial charge in [-0.3, -0.25) is 9.59 Å². The average Bonchev–Trinajstić information content (AvgIpc) is 2.60. The van der Waals surface area contributed by atoms with Crippen LogP contribution in [0.25, 0.3) is 0 Å². The van der Waals surface area contributed by atoms with Crippen molar-refractivity contribution in [3.8, 4) is 0 Å². The van der Waals surface area contributed by atoms with Crippen LogP contribution in [-0.2, 0) is 4.74 Å². The van der Waals surface area contributed by atoms with E-state index in [1.54, 1.807) is 12.1 Å². The molecule has 1 aromatic rings. The molecule has 4 rings (SSSR count). The molecule has 3 nitrogen and oxygen atoms in total. The average molecular weight is 242 g/mol. The number of hydrogen-bond donors (Lipinski definition) is 0. The number of carbonyl (C=O) groups excluding carboxylic acids is 2. The van der Waals surface area contributed by atoms with Gasteiger partial charge >= 0.3 is 0 Å². The van der Waals surface area contributed by atoms with E-state index in [2.05, 4.69) is 0 Å². The van der Waals surface area contributed by atoms with Crippen molar-refractivity contribution in [2.24, 2.45) is 11.3 Å². The number of hydrogen-bond acceptors (Lipinski definition) is 3. The molecular weight excluding hydrogens is 228 g/mol. The van der Waals surface area contributed by atoms with Gasteiger partial charge in [-0.2, -0.15) is 0 Å². The first-order chi connectivity index (χ1) is 8.64. The van der Waals surface area contributed by atoms with Gasteiger partial charge < -0.3 is 4.74 Å². The maximum atomic E-state index is 12.7. The predicted molar refractivity (Wildman–Crippen MR) is 64.6 cm³/mol. The largest absolute Gasteiger partial charge is 0.374 e. The highest BCUT2D eigenvalue weighted by Gasteiger charge is 2.69. The molecule has 1 saturated heterocycles. The number of ketones is 2. The van der Waals surface area contributed by atoms with Crippen molar-refractivity contribution >= 4 is 11.6 Å². The summed E-state index contributed by atoms with van der Waals surface area (Å²) in [4.78, 5) is 25.2. The lowest BCUT2D eigenvalue weighted by Gasteiger charge is -2.51. The van der Waals surface area contributed by atoms with E-state index in [0.29, 0.717) is 24.0 Å². The molecule has 1 saturated carbocycles. The fourth-order valence-electron chi connectivity index (χ4n) is 4.03. The third-order valence-corrected chi connectivity index (χ3v) is 4.84. The van der Waals surface area contributed by atoms with Crippen molar-refractivity contribution in [2.45, 2.75) is 32.0 Å². The number of ether oxygens (including phenoxy) is 1. The van der Waals surface area contributed by atoms with Crippen LogP contribution in [0.2, 0.25) is 0 Å². The smallest absolute Gasteiger partial charge is 0.173 e. The van der Waals surface area contributed by atoms with Crippen LogP contribution < -0.4 is 0 Å². The van der Waals surface area contributed by atoms with Gasteiger partial charge in [-0.25, -0.2) is 0 Å². The zero-order valence-corrected chi connectivity index (χ0v) is 10.2. The first-order valence-corrected chi connectivity index (χ1v) is 6.48. The second-order valence-corrected chi connectivity index (χ2v) is 5.71. The van der Waals surface area contributed by atoms with E-state index < -0.39 is 5.41 Å². The molecule has 0 N–H and O–H groups in total. The number of carbonyl (C=O) groups is 2. The molecule has 0 aromatic heterocycles. The van der Waals surface area contributed by atoms with Gasteiger partial charge in [0, 0.05) is 17.0 Å². The molecule has 1 aromatic carbocycles. The van der Waals surface area contributed by atoms with Crippen LogP contribution in [-0.4, -0.2) is 23.8 Å². The summed E-state index contributed by atoms with van der Waals surface area (Å²) in [5.41, 5.74) is 0.669. The molecule has 0 amide bonds. The van der Waals surface area contributed by atoms with Crippen molar-refractivity contribution in [3.05, 3.63) is 35.4 Å². The number of Topliss-reactive ketones (excluding diaryl/α,β-unsaturated/α-hetero) is 2. The summed E-state index contributed by atoms with van der Waals surface area (Å²) < 4.78 is 5.78. The molecule has 1 heterocycles. The molecule has 3 aliphatic rings. The highest BCUT2D eigenvalue weighted by molar-refractivity contribution is 6.19. The second kappa shape index (κ2) is 3.09. The fraction of sp³-hybridized carbons (Fsp3) is 0.467. The topological polar surface area (TPSA) is 43.4 Å². The van der Waals surface area contributed by atoms with Gasteiger partial charge in [0.05, 0.1) is 17.6 Å². The van der Waals surface area contributed by atoms with E-state index in [-0.39, 0.29) is 29.7 Å². The summed E-state index contributed by atoms with van der Waals surface area (Å²) in [6, 6.07) is 7.20. The van der Waals surface area contributed by atoms with Crippen LogP contribution in [0.4, 0.5) is 0 Å². The highest BCUT2D eigenvalue weighted by Crippen LogP contribution is 2.61. The number of rotatable bonds is 0. The Morgan fingerprint density at radius 1 is 1.22 bits per heavy atom. The lowest BCUT2D eigenvalue weighted by molar-refractivity contribution is -0.0653. The summed E-state index contributed by atoms with van der Waals surface area (Å²) in [5.74, 6) is 0.123. The highest BCUT2D eigenvalue weighted by atomic mass is 16.5. The van der Waals surface area contributed by atoms with E-state index in [1.807, 2.05) is 19.1 Å². The van der Waals surface area contributed by atoms with Gasteiger partial charge in [0.2, 0.25) is 0 Å². The first kappa shape index (κ1) is 10.4. The molecular formula is C15H14O3. The van der Waals surface area contributed by atoms with Gasteiger partial charge in [-0.1, -0.05) is 24.3 Å². The SMILES string of the molecule is C[C@@H]1C[C@@]23C(=O)c4ccccc4C(=O)[C@H]2C[C@H]3O1. The molecule has 1 spiro atoms. The zero-order valence-electron chi connectivity index (χ0n) is 10.2. The van der Waals surface area contributed by atoms with Crippen LogP contribution in [0.15, 0.2) is 24.3 Å². The van der Waals surface area contributed by atoms with E-state index in [9.17, 15) is 9.59 Å². The van der Waals surface area contributed by atoms with E-state index in [4.69, 9.17) is 4.74 Å². The van der Waals surface area contributed by atoms with Crippen molar-refractivity contribution in [1.82, 2.24) is 0 Å². The van der Waals surface area contributed by atoms with Crippen molar-refractivity contribution in [1.29, 1.82) is 0 Å². The summed E-state index contributed by atoms with van der Waals surface area (Å²) in [5, 5.41) is 0. The molecule has 0 bridgehead atoms. The molecule has 1 aliphatic heterocycles. The summed E-state index contributed by atoms with van der Waals surface area (Å²) >= 11 is 0. The van der Waals surface area contributed by atoms with E-state index in [0.717, 1.165) is 0 Å². The molecule has 2 fully saturated rings. The quantitative estimate of drug-likeness (QED) is 0.700. The Labute approximate surface area is 105 Å². The summed E-state index contributed by atoms with van der Waals surface area (Å²) in [6.45, 7) is 1.99. The van der Waals surface area contributed by atoms with Crippen molar-refractivity contribution in [3.63, 3.8) is 0 Å².